The van der Waals surface area contributed by atoms with Gasteiger partial charge in [-0.25, -0.2) is 9.98 Å². The Morgan fingerprint density at radius 2 is 1.76 bits per heavy atom. The molecular weight excluding hydrogens is 763 g/mol. The smallest absolute Gasteiger partial charge is 0.317 e. The number of aliphatic hydroxyl groups excluding tert-OH is 1. The molecule has 59 heavy (non-hydrogen) atoms. The predicted octanol–water partition coefficient (Wildman–Crippen LogP) is 8.84. The molecule has 0 radical (unpaired) electrons. The lowest BCUT2D eigenvalue weighted by molar-refractivity contribution is -0.197. The molecule has 13 nitrogen and oxygen atoms in total. The second-order valence-electron chi connectivity index (χ2n) is 18.3. The zero-order chi connectivity index (χ0) is 42.3. The molecule has 4 saturated carbocycles. The molecule has 2 aromatic heterocycles. The summed E-state index contributed by atoms with van der Waals surface area (Å²) in [5.74, 6) is -0.482. The Labute approximate surface area is 351 Å². The van der Waals surface area contributed by atoms with Gasteiger partial charge in [0.05, 0.1) is 23.0 Å². The summed E-state index contributed by atoms with van der Waals surface area (Å²) in [6.45, 7) is 15.0. The Hall–Kier alpha value is -4.95. The molecule has 5 fully saturated rings. The number of carboxylic acid groups (broad SMARTS) is 1. The van der Waals surface area contributed by atoms with E-state index >= 15 is 0 Å². The first-order valence-electron chi connectivity index (χ1n) is 21.1. The number of nitrogens with zero attached hydrogens (tertiary/aromatic N) is 5. The second kappa shape index (κ2) is 16.2. The summed E-state index contributed by atoms with van der Waals surface area (Å²) in [4.78, 5) is 22.1. The van der Waals surface area contributed by atoms with Crippen molar-refractivity contribution in [3.63, 3.8) is 0 Å². The van der Waals surface area contributed by atoms with Crippen LogP contribution in [0.5, 0.6) is 0 Å². The van der Waals surface area contributed by atoms with Gasteiger partial charge in [0, 0.05) is 35.5 Å². The molecule has 0 amide bonds. The summed E-state index contributed by atoms with van der Waals surface area (Å²) in [6, 6.07) is 7.86. The van der Waals surface area contributed by atoms with Gasteiger partial charge < -0.3 is 36.6 Å². The average molecular weight is 824 g/mol. The number of aliphatic carboxylic acids is 1. The molecule has 2 aliphatic heterocycles. The number of carboxylic acids is 1. The van der Waals surface area contributed by atoms with Gasteiger partial charge in [-0.2, -0.15) is 5.10 Å². The molecule has 0 spiro atoms. The minimum atomic E-state index is -0.830. The number of aliphatic imine (C=N–C) groups is 1. The van der Waals surface area contributed by atoms with Crippen molar-refractivity contribution in [2.24, 2.45) is 32.4 Å². The first kappa shape index (κ1) is 42.2. The fourth-order valence-electron chi connectivity index (χ4n) is 12.3. The number of para-hydroxylation sites is 1. The number of fused-ring (bicyclic) bond motifs is 1. The number of benzene rings is 1. The molecule has 2 atom stereocenters. The highest BCUT2D eigenvalue weighted by Crippen LogP contribution is 2.75. The highest BCUT2D eigenvalue weighted by Gasteiger charge is 2.65. The third kappa shape index (κ3) is 8.43. The number of nitrogens with one attached hydrogen (secondary N) is 3. The van der Waals surface area contributed by atoms with Crippen molar-refractivity contribution in [3.8, 4) is 0 Å². The number of dihydropyridines is 1. The van der Waals surface area contributed by atoms with Crippen molar-refractivity contribution < 1.29 is 20.1 Å². The maximum atomic E-state index is 11.0. The van der Waals surface area contributed by atoms with Crippen LogP contribution in [0.3, 0.4) is 0 Å². The monoisotopic (exact) mass is 823 g/mol. The number of hydrogen-bond acceptors (Lipinski definition) is 10. The highest BCUT2D eigenvalue weighted by molar-refractivity contribution is 7.22. The molecule has 4 bridgehead atoms. The Morgan fingerprint density at radius 1 is 1.05 bits per heavy atom. The number of likely N-dealkylation sites (tertiary alicyclic amines) is 1. The van der Waals surface area contributed by atoms with E-state index in [1.165, 1.54) is 43.4 Å². The lowest BCUT2D eigenvalue weighted by atomic mass is 9.35. The van der Waals surface area contributed by atoms with Gasteiger partial charge in [0.15, 0.2) is 0 Å². The number of rotatable bonds is 12. The van der Waals surface area contributed by atoms with Crippen LogP contribution in [-0.4, -0.2) is 72.3 Å². The summed E-state index contributed by atoms with van der Waals surface area (Å²) in [5.41, 5.74) is 12.3. The molecule has 14 heteroatoms. The van der Waals surface area contributed by atoms with Crippen LogP contribution < -0.4 is 16.4 Å². The zero-order valence-electron chi connectivity index (χ0n) is 35.4. The van der Waals surface area contributed by atoms with Crippen LogP contribution in [0.15, 0.2) is 76.2 Å². The van der Waals surface area contributed by atoms with Crippen molar-refractivity contribution in [2.45, 2.75) is 112 Å². The number of aromatic nitrogens is 3. The normalized spacial score (nSPS) is 28.5. The van der Waals surface area contributed by atoms with Gasteiger partial charge in [0.2, 0.25) is 5.13 Å². The number of thiazole rings is 1. The van der Waals surface area contributed by atoms with Crippen LogP contribution in [-0.2, 0) is 11.3 Å². The highest BCUT2D eigenvalue weighted by atomic mass is 32.1. The Kier molecular flexibility index (Phi) is 11.6. The van der Waals surface area contributed by atoms with E-state index in [1.807, 2.05) is 68.3 Å². The van der Waals surface area contributed by atoms with Gasteiger partial charge in [-0.3, -0.25) is 14.9 Å². The number of aliphatic hydroxyl groups is 2. The van der Waals surface area contributed by atoms with Crippen LogP contribution in [0, 0.1) is 34.0 Å². The van der Waals surface area contributed by atoms with E-state index in [0.29, 0.717) is 41.9 Å². The van der Waals surface area contributed by atoms with E-state index in [4.69, 9.17) is 15.9 Å². The van der Waals surface area contributed by atoms with E-state index in [2.05, 4.69) is 46.1 Å². The van der Waals surface area contributed by atoms with E-state index < -0.39 is 11.9 Å². The quantitative estimate of drug-likeness (QED) is 0.0401. The number of hydrogen-bond donors (Lipinski definition) is 7. The first-order chi connectivity index (χ1) is 28.1. The summed E-state index contributed by atoms with van der Waals surface area (Å²) in [6.07, 6.45) is 16.3. The predicted molar refractivity (Wildman–Crippen MR) is 236 cm³/mol. The maximum absolute atomic E-state index is 11.0. The molecule has 8 N–H and O–H groups in total. The third-order valence-electron chi connectivity index (χ3n) is 13.2. The molecular formula is C45H61N9O4S. The SMILES string of the molecule is CC.CC(=C1\CCCN(C2=CC=C(c3cnn(CC45CC6(C)CC(C)(CC(CCCNCC(=O)O)(C6)C4)C5)c3C)C(=C(O)O)N2)C1=N)/C(N)=N\c1nc2ccccc2s1. The second-order valence-corrected chi connectivity index (χ2v) is 19.3. The first-order valence-corrected chi connectivity index (χ1v) is 21.9. The molecule has 6 aliphatic rings. The Balaban J connectivity index is 0.00000260. The summed E-state index contributed by atoms with van der Waals surface area (Å²) < 4.78 is 3.16. The van der Waals surface area contributed by atoms with E-state index in [-0.39, 0.29) is 39.7 Å². The van der Waals surface area contributed by atoms with Crippen molar-refractivity contribution in [3.05, 3.63) is 82.5 Å². The number of nitrogens with two attached hydrogens (primary N) is 1. The molecule has 316 valence electrons. The standard InChI is InChI=1S/C43H55N9O4S.C2H6/c1-26(36(44)50-39-48-31-10-5-6-11-32(31)57-39)28-9-7-16-51(37(28)45)33-13-12-29(35(49-33)38(55)56)30-17-47-52(27(30)2)25-43-22-40(3)19-41(4,23-43)21-42(20-40,24-43)14-8-15-46-18-34(53)54;1-2/h5-6,10-13,17,45-46,49,55-56H,7-9,14-16,18-25H2,1-4H3,(H,53,54)(H2,44,48,50);1-2H3/b28-26-,45-37?;. The average Bonchev–Trinajstić information content (AvgIpc) is 3.75. The number of carbonyl (C=O) groups is 1. The lowest BCUT2D eigenvalue weighted by Crippen LogP contribution is -2.60. The van der Waals surface area contributed by atoms with E-state index in [0.717, 1.165) is 64.8 Å². The molecule has 3 aromatic rings. The number of piperidine rings is 1. The van der Waals surface area contributed by atoms with Gasteiger partial charge in [0.25, 0.3) is 5.95 Å². The number of allylic oxidation sites excluding steroid dienone is 3. The fraction of sp³-hybridized carbons (Fsp3) is 0.533. The van der Waals surface area contributed by atoms with Crippen molar-refractivity contribution in [2.75, 3.05) is 19.6 Å². The number of amidine groups is 2. The van der Waals surface area contributed by atoms with Gasteiger partial charge in [-0.15, -0.1) is 0 Å². The van der Waals surface area contributed by atoms with Gasteiger partial charge >= 0.3 is 5.97 Å². The largest absolute Gasteiger partial charge is 0.480 e. The van der Waals surface area contributed by atoms with Crippen LogP contribution in [0.4, 0.5) is 5.13 Å². The topological polar surface area (TPSA) is 198 Å². The summed E-state index contributed by atoms with van der Waals surface area (Å²) in [7, 11) is 0. The minimum absolute atomic E-state index is 0.000415. The maximum Gasteiger partial charge on any atom is 0.317 e. The Bertz CT molecular complexity index is 2240. The third-order valence-corrected chi connectivity index (χ3v) is 14.1. The molecule has 4 heterocycles. The molecule has 9 rings (SSSR count). The van der Waals surface area contributed by atoms with Crippen molar-refractivity contribution in [1.29, 1.82) is 5.41 Å². The van der Waals surface area contributed by atoms with Crippen molar-refractivity contribution >= 4 is 49.9 Å². The van der Waals surface area contributed by atoms with Crippen LogP contribution in [0.2, 0.25) is 0 Å². The lowest BCUT2D eigenvalue weighted by Gasteiger charge is -2.70. The van der Waals surface area contributed by atoms with Crippen molar-refractivity contribution in [1.82, 2.24) is 30.3 Å². The molecule has 4 aliphatic carbocycles. The van der Waals surface area contributed by atoms with Crippen LogP contribution in [0.25, 0.3) is 15.8 Å². The zero-order valence-corrected chi connectivity index (χ0v) is 36.2. The molecule has 1 saturated heterocycles. The summed E-state index contributed by atoms with van der Waals surface area (Å²) in [5, 5.41) is 51.4. The van der Waals surface area contributed by atoms with Crippen LogP contribution in [0.1, 0.15) is 110 Å². The van der Waals surface area contributed by atoms with Gasteiger partial charge in [-0.1, -0.05) is 51.2 Å². The fourth-order valence-corrected chi connectivity index (χ4v) is 13.2. The van der Waals surface area contributed by atoms with E-state index in [1.54, 1.807) is 0 Å². The van der Waals surface area contributed by atoms with Crippen LogP contribution >= 0.6 is 11.3 Å². The summed E-state index contributed by atoms with van der Waals surface area (Å²) >= 11 is 1.47. The molecule has 1 aromatic carbocycles. The van der Waals surface area contributed by atoms with Gasteiger partial charge in [-0.05, 0) is 136 Å². The Morgan fingerprint density at radius 3 is 2.46 bits per heavy atom. The van der Waals surface area contributed by atoms with E-state index in [9.17, 15) is 20.4 Å². The van der Waals surface area contributed by atoms with Gasteiger partial charge in [0.1, 0.15) is 23.2 Å². The minimum Gasteiger partial charge on any atom is -0.480 e. The molecule has 2 unspecified atom stereocenters.